The SMILES string of the molecule is CC(NCCNC(N)=O)c1ccc(O)cc1O. The lowest BCUT2D eigenvalue weighted by Gasteiger charge is -2.15. The van der Waals surface area contributed by atoms with Crippen LogP contribution in [0.25, 0.3) is 0 Å². The van der Waals surface area contributed by atoms with Gasteiger partial charge in [-0.1, -0.05) is 6.07 Å². The second-order valence-electron chi connectivity index (χ2n) is 3.71. The van der Waals surface area contributed by atoms with Crippen molar-refractivity contribution in [2.24, 2.45) is 5.73 Å². The first-order valence-electron chi connectivity index (χ1n) is 5.29. The highest BCUT2D eigenvalue weighted by Crippen LogP contribution is 2.27. The van der Waals surface area contributed by atoms with Crippen LogP contribution in [-0.2, 0) is 0 Å². The summed E-state index contributed by atoms with van der Waals surface area (Å²) in [4.78, 5) is 10.4. The molecule has 0 aliphatic carbocycles. The summed E-state index contributed by atoms with van der Waals surface area (Å²) < 4.78 is 0. The molecule has 1 aromatic rings. The van der Waals surface area contributed by atoms with Gasteiger partial charge in [-0.3, -0.25) is 0 Å². The van der Waals surface area contributed by atoms with E-state index in [0.717, 1.165) is 0 Å². The minimum Gasteiger partial charge on any atom is -0.508 e. The molecule has 6 nitrogen and oxygen atoms in total. The molecule has 1 rings (SSSR count). The Bertz CT molecular complexity index is 396. The Morgan fingerprint density at radius 1 is 1.41 bits per heavy atom. The van der Waals surface area contributed by atoms with Gasteiger partial charge in [0.15, 0.2) is 0 Å². The van der Waals surface area contributed by atoms with Gasteiger partial charge in [-0.05, 0) is 13.0 Å². The highest BCUT2D eigenvalue weighted by molar-refractivity contribution is 5.71. The van der Waals surface area contributed by atoms with Crippen molar-refractivity contribution < 1.29 is 15.0 Å². The van der Waals surface area contributed by atoms with E-state index in [1.54, 1.807) is 6.07 Å². The predicted molar refractivity (Wildman–Crippen MR) is 63.8 cm³/mol. The van der Waals surface area contributed by atoms with Crippen LogP contribution in [0.15, 0.2) is 18.2 Å². The predicted octanol–water partition coefficient (Wildman–Crippen LogP) is 0.417. The van der Waals surface area contributed by atoms with Crippen molar-refractivity contribution >= 4 is 6.03 Å². The number of urea groups is 1. The number of hydrogen-bond acceptors (Lipinski definition) is 4. The smallest absolute Gasteiger partial charge is 0.312 e. The number of amides is 2. The molecule has 0 heterocycles. The van der Waals surface area contributed by atoms with Crippen LogP contribution in [0.5, 0.6) is 11.5 Å². The number of carbonyl (C=O) groups excluding carboxylic acids is 1. The van der Waals surface area contributed by atoms with Gasteiger partial charge in [0.05, 0.1) is 0 Å². The largest absolute Gasteiger partial charge is 0.508 e. The Morgan fingerprint density at radius 3 is 2.71 bits per heavy atom. The second kappa shape index (κ2) is 5.95. The standard InChI is InChI=1S/C11H17N3O3/c1-7(13-4-5-14-11(12)17)9-3-2-8(15)6-10(9)16/h2-3,6-7,13,15-16H,4-5H2,1H3,(H3,12,14,17). The molecular weight excluding hydrogens is 222 g/mol. The number of phenols is 2. The normalized spacial score (nSPS) is 12.1. The Kier molecular flexibility index (Phi) is 4.59. The molecule has 0 bridgehead atoms. The van der Waals surface area contributed by atoms with Crippen LogP contribution in [0.1, 0.15) is 18.5 Å². The quantitative estimate of drug-likeness (QED) is 0.480. The van der Waals surface area contributed by atoms with Gasteiger partial charge < -0.3 is 26.6 Å². The zero-order valence-corrected chi connectivity index (χ0v) is 9.60. The topological polar surface area (TPSA) is 108 Å². The van der Waals surface area contributed by atoms with Crippen molar-refractivity contribution in [3.63, 3.8) is 0 Å². The molecule has 0 spiro atoms. The molecule has 6 N–H and O–H groups in total. The third kappa shape index (κ3) is 4.20. The summed E-state index contributed by atoms with van der Waals surface area (Å²) in [7, 11) is 0. The summed E-state index contributed by atoms with van der Waals surface area (Å²) >= 11 is 0. The summed E-state index contributed by atoms with van der Waals surface area (Å²) in [5.41, 5.74) is 5.60. The summed E-state index contributed by atoms with van der Waals surface area (Å²) in [6.45, 7) is 2.82. The van der Waals surface area contributed by atoms with Crippen molar-refractivity contribution in [1.82, 2.24) is 10.6 Å². The van der Waals surface area contributed by atoms with Gasteiger partial charge in [0.1, 0.15) is 11.5 Å². The fraction of sp³-hybridized carbons (Fsp3) is 0.364. The van der Waals surface area contributed by atoms with Crippen LogP contribution in [0.4, 0.5) is 4.79 Å². The first-order valence-corrected chi connectivity index (χ1v) is 5.29. The van der Waals surface area contributed by atoms with E-state index in [1.807, 2.05) is 6.92 Å². The molecule has 0 aliphatic heterocycles. The monoisotopic (exact) mass is 239 g/mol. The Morgan fingerprint density at radius 2 is 2.12 bits per heavy atom. The fourth-order valence-electron chi connectivity index (χ4n) is 1.48. The second-order valence-corrected chi connectivity index (χ2v) is 3.71. The Labute approximate surface area is 99.4 Å². The zero-order chi connectivity index (χ0) is 12.8. The maximum Gasteiger partial charge on any atom is 0.312 e. The van der Waals surface area contributed by atoms with Crippen LogP contribution >= 0.6 is 0 Å². The molecule has 1 atom stereocenters. The van der Waals surface area contributed by atoms with Gasteiger partial charge in [0, 0.05) is 30.8 Å². The van der Waals surface area contributed by atoms with E-state index in [0.29, 0.717) is 18.7 Å². The van der Waals surface area contributed by atoms with Gasteiger partial charge in [-0.2, -0.15) is 0 Å². The summed E-state index contributed by atoms with van der Waals surface area (Å²) in [5.74, 6) is 0.0571. The minimum absolute atomic E-state index is 0.0221. The molecule has 0 saturated heterocycles. The van der Waals surface area contributed by atoms with E-state index in [1.165, 1.54) is 12.1 Å². The number of rotatable bonds is 5. The van der Waals surface area contributed by atoms with Gasteiger partial charge in [-0.25, -0.2) is 4.79 Å². The number of nitrogens with two attached hydrogens (primary N) is 1. The number of hydrogen-bond donors (Lipinski definition) is 5. The van der Waals surface area contributed by atoms with E-state index in [2.05, 4.69) is 10.6 Å². The lowest BCUT2D eigenvalue weighted by atomic mass is 10.1. The molecule has 0 fully saturated rings. The third-order valence-electron chi connectivity index (χ3n) is 2.36. The van der Waals surface area contributed by atoms with Crippen LogP contribution in [0.3, 0.4) is 0 Å². The summed E-state index contributed by atoms with van der Waals surface area (Å²) in [5, 5.41) is 24.3. The highest BCUT2D eigenvalue weighted by atomic mass is 16.3. The van der Waals surface area contributed by atoms with Gasteiger partial charge >= 0.3 is 6.03 Å². The molecule has 1 aromatic carbocycles. The van der Waals surface area contributed by atoms with Crippen molar-refractivity contribution in [1.29, 1.82) is 0 Å². The molecule has 0 saturated carbocycles. The fourth-order valence-corrected chi connectivity index (χ4v) is 1.48. The van der Waals surface area contributed by atoms with E-state index in [4.69, 9.17) is 10.8 Å². The van der Waals surface area contributed by atoms with E-state index >= 15 is 0 Å². The molecular formula is C11H17N3O3. The van der Waals surface area contributed by atoms with Crippen molar-refractivity contribution in [3.05, 3.63) is 23.8 Å². The maximum absolute atomic E-state index is 10.4. The first-order chi connectivity index (χ1) is 8.00. The average Bonchev–Trinajstić information content (AvgIpc) is 2.23. The lowest BCUT2D eigenvalue weighted by Crippen LogP contribution is -2.36. The molecule has 1 unspecified atom stereocenters. The Balaban J connectivity index is 2.46. The van der Waals surface area contributed by atoms with Crippen LogP contribution in [0.2, 0.25) is 0 Å². The molecule has 17 heavy (non-hydrogen) atoms. The zero-order valence-electron chi connectivity index (χ0n) is 9.60. The van der Waals surface area contributed by atoms with Crippen molar-refractivity contribution in [2.75, 3.05) is 13.1 Å². The van der Waals surface area contributed by atoms with Gasteiger partial charge in [0.25, 0.3) is 0 Å². The van der Waals surface area contributed by atoms with E-state index in [-0.39, 0.29) is 17.5 Å². The average molecular weight is 239 g/mol. The Hall–Kier alpha value is -1.95. The summed E-state index contributed by atoms with van der Waals surface area (Å²) in [6.07, 6.45) is 0. The van der Waals surface area contributed by atoms with Crippen molar-refractivity contribution in [3.8, 4) is 11.5 Å². The molecule has 2 amide bonds. The van der Waals surface area contributed by atoms with Crippen LogP contribution in [-0.4, -0.2) is 29.3 Å². The molecule has 0 aromatic heterocycles. The third-order valence-corrected chi connectivity index (χ3v) is 2.36. The maximum atomic E-state index is 10.4. The molecule has 6 heteroatoms. The van der Waals surface area contributed by atoms with Crippen LogP contribution < -0.4 is 16.4 Å². The van der Waals surface area contributed by atoms with E-state index in [9.17, 15) is 9.90 Å². The highest BCUT2D eigenvalue weighted by Gasteiger charge is 2.09. The molecule has 94 valence electrons. The first kappa shape index (κ1) is 13.1. The van der Waals surface area contributed by atoms with Gasteiger partial charge in [-0.15, -0.1) is 0 Å². The van der Waals surface area contributed by atoms with E-state index < -0.39 is 6.03 Å². The lowest BCUT2D eigenvalue weighted by molar-refractivity contribution is 0.249. The summed E-state index contributed by atoms with van der Waals surface area (Å²) in [6, 6.07) is 3.78. The number of benzene rings is 1. The minimum atomic E-state index is -0.563. The number of nitrogens with one attached hydrogen (secondary N) is 2. The van der Waals surface area contributed by atoms with Crippen molar-refractivity contribution in [2.45, 2.75) is 13.0 Å². The molecule has 0 radical (unpaired) electrons. The molecule has 0 aliphatic rings. The van der Waals surface area contributed by atoms with Gasteiger partial charge in [0.2, 0.25) is 0 Å². The van der Waals surface area contributed by atoms with Crippen LogP contribution in [0, 0.1) is 0 Å². The number of primary amides is 1. The number of carbonyl (C=O) groups is 1. The number of aromatic hydroxyl groups is 2. The number of phenolic OH excluding ortho intramolecular Hbond substituents is 2.